The highest BCUT2D eigenvalue weighted by atomic mass is 19.3. The molecule has 0 saturated heterocycles. The summed E-state index contributed by atoms with van der Waals surface area (Å²) >= 11 is 0. The van der Waals surface area contributed by atoms with Crippen molar-refractivity contribution in [2.45, 2.75) is 32.1 Å². The lowest BCUT2D eigenvalue weighted by molar-refractivity contribution is -0.0958. The molecule has 0 spiro atoms. The summed E-state index contributed by atoms with van der Waals surface area (Å²) in [6, 6.07) is 5.26. The number of carbonyl (C=O) groups is 1. The Morgan fingerprint density at radius 3 is 1.94 bits per heavy atom. The molecule has 0 heterocycles. The molecule has 0 aliphatic carbocycles. The second-order valence-corrected chi connectivity index (χ2v) is 4.03. The standard InChI is InChI=1S/C12H12F4O/c1-7(2)8-3-5-9(6-4-8)10(17)12(15,16)11(13)14/h3-7,11H,1-2H3. The molecule has 1 aromatic carbocycles. The molecule has 0 aliphatic rings. The second-order valence-electron chi connectivity index (χ2n) is 4.03. The molecule has 0 amide bonds. The van der Waals surface area contributed by atoms with Crippen LogP contribution in [0.4, 0.5) is 17.6 Å². The molecule has 0 unspecified atom stereocenters. The lowest BCUT2D eigenvalue weighted by Crippen LogP contribution is -2.36. The van der Waals surface area contributed by atoms with Crippen LogP contribution in [0.2, 0.25) is 0 Å². The van der Waals surface area contributed by atoms with Gasteiger partial charge in [-0.25, -0.2) is 8.78 Å². The lowest BCUT2D eigenvalue weighted by Gasteiger charge is -2.14. The third kappa shape index (κ3) is 2.84. The molecule has 0 radical (unpaired) electrons. The van der Waals surface area contributed by atoms with Crippen LogP contribution in [0, 0.1) is 0 Å². The SMILES string of the molecule is CC(C)c1ccc(C(=O)C(F)(F)C(F)F)cc1. The Morgan fingerprint density at radius 1 is 1.12 bits per heavy atom. The maximum absolute atomic E-state index is 12.8. The molecule has 1 rings (SSSR count). The van der Waals surface area contributed by atoms with E-state index in [4.69, 9.17) is 0 Å². The summed E-state index contributed by atoms with van der Waals surface area (Å²) in [6.45, 7) is 3.79. The molecule has 17 heavy (non-hydrogen) atoms. The van der Waals surface area contributed by atoms with Gasteiger partial charge in [-0.3, -0.25) is 4.79 Å². The first-order chi connectivity index (χ1) is 7.76. The molecule has 0 fully saturated rings. The monoisotopic (exact) mass is 248 g/mol. The number of hydrogen-bond acceptors (Lipinski definition) is 1. The van der Waals surface area contributed by atoms with Crippen molar-refractivity contribution in [3.05, 3.63) is 35.4 Å². The Hall–Kier alpha value is -1.39. The predicted octanol–water partition coefficient (Wildman–Crippen LogP) is 3.89. The Morgan fingerprint density at radius 2 is 1.59 bits per heavy atom. The number of alkyl halides is 4. The van der Waals surface area contributed by atoms with Crippen LogP contribution < -0.4 is 0 Å². The number of carbonyl (C=O) groups excluding carboxylic acids is 1. The molecule has 0 N–H and O–H groups in total. The Kier molecular flexibility index (Phi) is 3.91. The molecular formula is C12H12F4O. The number of hydrogen-bond donors (Lipinski definition) is 0. The van der Waals surface area contributed by atoms with Gasteiger partial charge in [0.1, 0.15) is 0 Å². The van der Waals surface area contributed by atoms with Gasteiger partial charge in [-0.1, -0.05) is 38.1 Å². The topological polar surface area (TPSA) is 17.1 Å². The van der Waals surface area contributed by atoms with E-state index in [-0.39, 0.29) is 5.92 Å². The van der Waals surface area contributed by atoms with E-state index in [0.29, 0.717) is 0 Å². The first-order valence-corrected chi connectivity index (χ1v) is 5.07. The van der Waals surface area contributed by atoms with Gasteiger partial charge < -0.3 is 0 Å². The second kappa shape index (κ2) is 4.85. The van der Waals surface area contributed by atoms with E-state index in [2.05, 4.69) is 0 Å². The maximum Gasteiger partial charge on any atom is 0.368 e. The first kappa shape index (κ1) is 13.7. The molecule has 0 bridgehead atoms. The van der Waals surface area contributed by atoms with E-state index in [1.165, 1.54) is 12.1 Å². The van der Waals surface area contributed by atoms with Gasteiger partial charge in [0.2, 0.25) is 5.78 Å². The molecular weight excluding hydrogens is 236 g/mol. The van der Waals surface area contributed by atoms with Crippen molar-refractivity contribution in [3.8, 4) is 0 Å². The van der Waals surface area contributed by atoms with E-state index in [1.54, 1.807) is 0 Å². The number of Topliss-reactive ketones (excluding diaryl/α,β-unsaturated/α-hetero) is 1. The van der Waals surface area contributed by atoms with Crippen LogP contribution in [0.15, 0.2) is 24.3 Å². The van der Waals surface area contributed by atoms with Crippen LogP contribution in [-0.4, -0.2) is 18.1 Å². The fourth-order valence-corrected chi connectivity index (χ4v) is 1.31. The van der Waals surface area contributed by atoms with Crippen molar-refractivity contribution >= 4 is 5.78 Å². The number of ketones is 1. The van der Waals surface area contributed by atoms with Crippen molar-refractivity contribution in [1.29, 1.82) is 0 Å². The van der Waals surface area contributed by atoms with E-state index < -0.39 is 23.7 Å². The predicted molar refractivity (Wildman–Crippen MR) is 55.8 cm³/mol. The summed E-state index contributed by atoms with van der Waals surface area (Å²) in [6.07, 6.45) is -3.99. The Balaban J connectivity index is 2.98. The van der Waals surface area contributed by atoms with Crippen molar-refractivity contribution in [1.82, 2.24) is 0 Å². The fraction of sp³-hybridized carbons (Fsp3) is 0.417. The molecule has 0 aliphatic heterocycles. The zero-order valence-corrected chi connectivity index (χ0v) is 9.38. The van der Waals surface area contributed by atoms with E-state index in [1.807, 2.05) is 13.8 Å². The quantitative estimate of drug-likeness (QED) is 0.583. The normalized spacial score (nSPS) is 12.2. The third-order valence-corrected chi connectivity index (χ3v) is 2.42. The summed E-state index contributed by atoms with van der Waals surface area (Å²) < 4.78 is 49.5. The van der Waals surface area contributed by atoms with Crippen molar-refractivity contribution in [2.75, 3.05) is 0 Å². The van der Waals surface area contributed by atoms with Crippen molar-refractivity contribution in [3.63, 3.8) is 0 Å². The summed E-state index contributed by atoms with van der Waals surface area (Å²) in [4.78, 5) is 11.2. The lowest BCUT2D eigenvalue weighted by atomic mass is 9.99. The third-order valence-electron chi connectivity index (χ3n) is 2.42. The molecule has 94 valence electrons. The molecule has 0 saturated carbocycles. The van der Waals surface area contributed by atoms with Gasteiger partial charge in [-0.15, -0.1) is 0 Å². The van der Waals surface area contributed by atoms with Crippen LogP contribution >= 0.6 is 0 Å². The highest BCUT2D eigenvalue weighted by Crippen LogP contribution is 2.28. The number of rotatable bonds is 4. The molecule has 1 aromatic rings. The average molecular weight is 248 g/mol. The van der Waals surface area contributed by atoms with Gasteiger partial charge in [-0.05, 0) is 11.5 Å². The van der Waals surface area contributed by atoms with Crippen molar-refractivity contribution < 1.29 is 22.4 Å². The Labute approximate surface area is 96.4 Å². The van der Waals surface area contributed by atoms with E-state index in [0.717, 1.165) is 17.7 Å². The first-order valence-electron chi connectivity index (χ1n) is 5.07. The van der Waals surface area contributed by atoms with Crippen LogP contribution in [0.3, 0.4) is 0 Å². The van der Waals surface area contributed by atoms with Gasteiger partial charge >= 0.3 is 12.3 Å². The zero-order valence-electron chi connectivity index (χ0n) is 9.38. The highest BCUT2D eigenvalue weighted by molar-refractivity contribution is 6.01. The fourth-order valence-electron chi connectivity index (χ4n) is 1.31. The van der Waals surface area contributed by atoms with Gasteiger partial charge in [0.15, 0.2) is 0 Å². The summed E-state index contributed by atoms with van der Waals surface area (Å²) in [7, 11) is 0. The van der Waals surface area contributed by atoms with E-state index in [9.17, 15) is 22.4 Å². The molecule has 1 nitrogen and oxygen atoms in total. The summed E-state index contributed by atoms with van der Waals surface area (Å²) in [5.74, 6) is -6.29. The summed E-state index contributed by atoms with van der Waals surface area (Å²) in [5, 5.41) is 0. The van der Waals surface area contributed by atoms with Gasteiger partial charge in [0.25, 0.3) is 0 Å². The van der Waals surface area contributed by atoms with Gasteiger partial charge in [0.05, 0.1) is 0 Å². The minimum absolute atomic E-state index is 0.176. The van der Waals surface area contributed by atoms with Crippen LogP contribution in [0.25, 0.3) is 0 Å². The molecule has 0 atom stereocenters. The molecule has 0 aromatic heterocycles. The van der Waals surface area contributed by atoms with E-state index >= 15 is 0 Å². The van der Waals surface area contributed by atoms with Crippen LogP contribution in [0.5, 0.6) is 0 Å². The Bertz CT molecular complexity index is 395. The highest BCUT2D eigenvalue weighted by Gasteiger charge is 2.48. The average Bonchev–Trinajstić information content (AvgIpc) is 2.27. The zero-order chi connectivity index (χ0) is 13.2. The number of benzene rings is 1. The van der Waals surface area contributed by atoms with Gasteiger partial charge in [0, 0.05) is 5.56 Å². The summed E-state index contributed by atoms with van der Waals surface area (Å²) in [5.41, 5.74) is 0.446. The minimum atomic E-state index is -4.63. The largest absolute Gasteiger partial charge is 0.368 e. The smallest absolute Gasteiger partial charge is 0.287 e. The maximum atomic E-state index is 12.8. The number of halogens is 4. The van der Waals surface area contributed by atoms with Crippen LogP contribution in [-0.2, 0) is 0 Å². The minimum Gasteiger partial charge on any atom is -0.287 e. The van der Waals surface area contributed by atoms with Crippen molar-refractivity contribution in [2.24, 2.45) is 0 Å². The molecule has 5 heteroatoms. The van der Waals surface area contributed by atoms with Crippen LogP contribution in [0.1, 0.15) is 35.7 Å². The van der Waals surface area contributed by atoms with Gasteiger partial charge in [-0.2, -0.15) is 8.78 Å².